The lowest BCUT2D eigenvalue weighted by Crippen LogP contribution is -2.50. The molecule has 3 rings (SSSR count). The minimum Gasteiger partial charge on any atom is -0.370 e. The third kappa shape index (κ3) is 6.42. The Morgan fingerprint density at radius 3 is 2.45 bits per heavy atom. The summed E-state index contributed by atoms with van der Waals surface area (Å²) in [5.41, 5.74) is 3.49. The van der Waals surface area contributed by atoms with E-state index in [9.17, 15) is 14.9 Å². The molecular formula is C23H31N5O3. The highest BCUT2D eigenvalue weighted by Crippen LogP contribution is 2.20. The number of hydrogen-bond acceptors (Lipinski definition) is 6. The van der Waals surface area contributed by atoms with Crippen molar-refractivity contribution in [3.05, 3.63) is 64.2 Å². The number of nitrogens with zero attached hydrogens (tertiary/aromatic N) is 4. The molecule has 0 radical (unpaired) electrons. The monoisotopic (exact) mass is 425 g/mol. The molecule has 0 bridgehead atoms. The predicted octanol–water partition coefficient (Wildman–Crippen LogP) is 2.67. The fraction of sp³-hybridized carbons (Fsp3) is 0.435. The van der Waals surface area contributed by atoms with Gasteiger partial charge in [0.1, 0.15) is 0 Å². The number of piperazine rings is 1. The van der Waals surface area contributed by atoms with Gasteiger partial charge in [0.2, 0.25) is 5.91 Å². The SMILES string of the molecule is CCN(CCNC(=O)CN1CCN(c2ccc([N+](=O)[O-])cc2)CC1)c1cccc(C)c1. The maximum atomic E-state index is 12.4. The number of benzene rings is 2. The number of carbonyl (C=O) groups excluding carboxylic acids is 1. The lowest BCUT2D eigenvalue weighted by molar-refractivity contribution is -0.384. The van der Waals surface area contributed by atoms with Gasteiger partial charge < -0.3 is 15.1 Å². The van der Waals surface area contributed by atoms with E-state index in [2.05, 4.69) is 58.1 Å². The molecule has 0 atom stereocenters. The van der Waals surface area contributed by atoms with E-state index in [1.807, 2.05) is 0 Å². The Morgan fingerprint density at radius 1 is 1.13 bits per heavy atom. The van der Waals surface area contributed by atoms with Crippen LogP contribution in [0.5, 0.6) is 0 Å². The molecule has 166 valence electrons. The van der Waals surface area contributed by atoms with Gasteiger partial charge in [-0.15, -0.1) is 0 Å². The molecule has 1 saturated heterocycles. The zero-order chi connectivity index (χ0) is 22.2. The van der Waals surface area contributed by atoms with Crippen LogP contribution in [0, 0.1) is 17.0 Å². The average molecular weight is 426 g/mol. The molecule has 8 heteroatoms. The number of rotatable bonds is 9. The lowest BCUT2D eigenvalue weighted by Gasteiger charge is -2.35. The third-order valence-electron chi connectivity index (χ3n) is 5.62. The molecule has 31 heavy (non-hydrogen) atoms. The van der Waals surface area contributed by atoms with Crippen LogP contribution in [0.4, 0.5) is 17.1 Å². The summed E-state index contributed by atoms with van der Waals surface area (Å²) in [5, 5.41) is 13.8. The first-order valence-corrected chi connectivity index (χ1v) is 10.8. The summed E-state index contributed by atoms with van der Waals surface area (Å²) >= 11 is 0. The van der Waals surface area contributed by atoms with E-state index in [0.717, 1.165) is 45.0 Å². The molecule has 0 spiro atoms. The van der Waals surface area contributed by atoms with Gasteiger partial charge in [-0.05, 0) is 43.7 Å². The second kappa shape index (κ2) is 10.8. The highest BCUT2D eigenvalue weighted by atomic mass is 16.6. The van der Waals surface area contributed by atoms with Crippen LogP contribution < -0.4 is 15.1 Å². The van der Waals surface area contributed by atoms with E-state index in [-0.39, 0.29) is 16.5 Å². The van der Waals surface area contributed by atoms with Gasteiger partial charge in [-0.3, -0.25) is 19.8 Å². The topological polar surface area (TPSA) is 82.0 Å². The molecular weight excluding hydrogens is 394 g/mol. The molecule has 8 nitrogen and oxygen atoms in total. The molecule has 1 amide bonds. The highest BCUT2D eigenvalue weighted by Gasteiger charge is 2.19. The molecule has 1 heterocycles. The first kappa shape index (κ1) is 22.6. The van der Waals surface area contributed by atoms with Gasteiger partial charge in [-0.25, -0.2) is 0 Å². The van der Waals surface area contributed by atoms with Crippen LogP contribution in [-0.4, -0.2) is 68.1 Å². The standard InChI is InChI=1S/C23H31N5O3/c1-3-26(22-6-4-5-19(2)17-22)12-11-24-23(29)18-25-13-15-27(16-14-25)20-7-9-21(10-8-20)28(30)31/h4-10,17H,3,11-16,18H2,1-2H3,(H,24,29). The first-order valence-electron chi connectivity index (χ1n) is 10.8. The molecule has 0 aromatic heterocycles. The van der Waals surface area contributed by atoms with Crippen molar-refractivity contribution >= 4 is 23.0 Å². The van der Waals surface area contributed by atoms with Crippen LogP contribution in [0.1, 0.15) is 12.5 Å². The Hall–Kier alpha value is -3.13. The van der Waals surface area contributed by atoms with Crippen molar-refractivity contribution in [3.8, 4) is 0 Å². The summed E-state index contributed by atoms with van der Waals surface area (Å²) in [6, 6.07) is 15.0. The predicted molar refractivity (Wildman–Crippen MR) is 124 cm³/mol. The number of non-ortho nitro benzene ring substituents is 1. The van der Waals surface area contributed by atoms with Gasteiger partial charge in [0.15, 0.2) is 0 Å². The van der Waals surface area contributed by atoms with Gasteiger partial charge in [-0.2, -0.15) is 0 Å². The van der Waals surface area contributed by atoms with E-state index in [0.29, 0.717) is 13.1 Å². The van der Waals surface area contributed by atoms with Crippen molar-refractivity contribution < 1.29 is 9.72 Å². The third-order valence-corrected chi connectivity index (χ3v) is 5.62. The van der Waals surface area contributed by atoms with Gasteiger partial charge >= 0.3 is 0 Å². The van der Waals surface area contributed by atoms with Crippen molar-refractivity contribution in [3.63, 3.8) is 0 Å². The summed E-state index contributed by atoms with van der Waals surface area (Å²) in [6.07, 6.45) is 0. The molecule has 0 unspecified atom stereocenters. The Bertz CT molecular complexity index is 879. The largest absolute Gasteiger partial charge is 0.370 e. The van der Waals surface area contributed by atoms with Crippen LogP contribution in [0.2, 0.25) is 0 Å². The van der Waals surface area contributed by atoms with Gasteiger partial charge in [0.25, 0.3) is 5.69 Å². The van der Waals surface area contributed by atoms with Crippen molar-refractivity contribution in [2.24, 2.45) is 0 Å². The minimum absolute atomic E-state index is 0.0454. The number of nitrogens with one attached hydrogen (secondary N) is 1. The van der Waals surface area contributed by atoms with Crippen LogP contribution in [-0.2, 0) is 4.79 Å². The van der Waals surface area contributed by atoms with Crippen molar-refractivity contribution in [1.29, 1.82) is 0 Å². The zero-order valence-electron chi connectivity index (χ0n) is 18.3. The fourth-order valence-corrected chi connectivity index (χ4v) is 3.83. The number of likely N-dealkylation sites (N-methyl/N-ethyl adjacent to an activating group) is 1. The van der Waals surface area contributed by atoms with Gasteiger partial charge in [0, 0.05) is 69.3 Å². The van der Waals surface area contributed by atoms with E-state index in [1.165, 1.54) is 23.4 Å². The Morgan fingerprint density at radius 2 is 1.84 bits per heavy atom. The van der Waals surface area contributed by atoms with Crippen LogP contribution >= 0.6 is 0 Å². The number of nitro groups is 1. The molecule has 1 fully saturated rings. The normalized spacial score (nSPS) is 14.3. The molecule has 0 saturated carbocycles. The van der Waals surface area contributed by atoms with Crippen molar-refractivity contribution in [2.45, 2.75) is 13.8 Å². The van der Waals surface area contributed by atoms with E-state index >= 15 is 0 Å². The molecule has 0 aliphatic carbocycles. The molecule has 1 N–H and O–H groups in total. The quantitative estimate of drug-likeness (QED) is 0.491. The highest BCUT2D eigenvalue weighted by molar-refractivity contribution is 5.78. The molecule has 1 aliphatic heterocycles. The van der Waals surface area contributed by atoms with Crippen LogP contribution in [0.15, 0.2) is 48.5 Å². The van der Waals surface area contributed by atoms with Gasteiger partial charge in [0.05, 0.1) is 11.5 Å². The second-order valence-corrected chi connectivity index (χ2v) is 7.81. The fourth-order valence-electron chi connectivity index (χ4n) is 3.83. The molecule has 1 aliphatic rings. The summed E-state index contributed by atoms with van der Waals surface area (Å²) in [5.74, 6) is 0.0454. The minimum atomic E-state index is -0.388. The van der Waals surface area contributed by atoms with Gasteiger partial charge in [-0.1, -0.05) is 12.1 Å². The summed E-state index contributed by atoms with van der Waals surface area (Å²) in [7, 11) is 0. The number of carbonyl (C=O) groups is 1. The Balaban J connectivity index is 1.39. The Labute approximate surface area is 183 Å². The van der Waals surface area contributed by atoms with E-state index < -0.39 is 0 Å². The summed E-state index contributed by atoms with van der Waals surface area (Å²) < 4.78 is 0. The second-order valence-electron chi connectivity index (χ2n) is 7.81. The summed E-state index contributed by atoms with van der Waals surface area (Å²) in [4.78, 5) is 29.4. The van der Waals surface area contributed by atoms with Crippen LogP contribution in [0.25, 0.3) is 0 Å². The number of amides is 1. The Kier molecular flexibility index (Phi) is 7.83. The number of aryl methyl sites for hydroxylation is 1. The number of hydrogen-bond donors (Lipinski definition) is 1. The maximum Gasteiger partial charge on any atom is 0.269 e. The molecule has 2 aromatic rings. The number of nitro benzene ring substituents is 1. The number of anilines is 2. The average Bonchev–Trinajstić information content (AvgIpc) is 2.77. The van der Waals surface area contributed by atoms with E-state index in [4.69, 9.17) is 0 Å². The van der Waals surface area contributed by atoms with Crippen LogP contribution in [0.3, 0.4) is 0 Å². The maximum absolute atomic E-state index is 12.4. The molecule has 2 aromatic carbocycles. The smallest absolute Gasteiger partial charge is 0.269 e. The van der Waals surface area contributed by atoms with Crippen molar-refractivity contribution in [2.75, 3.05) is 62.2 Å². The summed E-state index contributed by atoms with van der Waals surface area (Å²) in [6.45, 7) is 10.0. The lowest BCUT2D eigenvalue weighted by atomic mass is 10.2. The van der Waals surface area contributed by atoms with Crippen molar-refractivity contribution in [1.82, 2.24) is 10.2 Å². The first-order chi connectivity index (χ1) is 15.0. The van der Waals surface area contributed by atoms with E-state index in [1.54, 1.807) is 12.1 Å². The zero-order valence-corrected chi connectivity index (χ0v) is 18.3.